The van der Waals surface area contributed by atoms with Crippen LogP contribution in [0.2, 0.25) is 0 Å². The van der Waals surface area contributed by atoms with Gasteiger partial charge in [-0.1, -0.05) is 27.7 Å². The topological polar surface area (TPSA) is 74.6 Å². The Hall–Kier alpha value is 0.511. The number of carbonyl (C=O) groups is 2. The molecule has 0 aromatic heterocycles. The number of aliphatic carboxylic acids is 2. The second kappa shape index (κ2) is 6.17. The van der Waals surface area contributed by atoms with Gasteiger partial charge >= 0.3 is 60.8 Å². The Balaban J connectivity index is -0.000000240. The molecule has 0 rings (SSSR count). The number of hydrogen-bond donors (Lipinski definition) is 2. The third kappa shape index (κ3) is 2.76. The second-order valence-corrected chi connectivity index (χ2v) is 3.79. The molecule has 0 fully saturated rings. The molecule has 0 heterocycles. The van der Waals surface area contributed by atoms with Crippen LogP contribution in [0.5, 0.6) is 0 Å². The number of rotatable bonds is 4. The van der Waals surface area contributed by atoms with Crippen LogP contribution in [0.15, 0.2) is 0 Å². The first kappa shape index (κ1) is 16.9. The van der Waals surface area contributed by atoms with E-state index in [2.05, 4.69) is 0 Å². The Morgan fingerprint density at radius 1 is 1.00 bits per heavy atom. The first-order valence-electron chi connectivity index (χ1n) is 4.24. The van der Waals surface area contributed by atoms with Gasteiger partial charge in [-0.2, -0.15) is 0 Å². The number of hydrogen-bond acceptors (Lipinski definition) is 2. The molecule has 14 heavy (non-hydrogen) atoms. The molecule has 0 spiro atoms. The molecule has 80 valence electrons. The van der Waals surface area contributed by atoms with Crippen molar-refractivity contribution in [1.29, 1.82) is 0 Å². The van der Waals surface area contributed by atoms with Gasteiger partial charge in [0, 0.05) is 0 Å². The minimum absolute atomic E-state index is 0. The van der Waals surface area contributed by atoms with Gasteiger partial charge in [-0.25, -0.2) is 0 Å². The largest absolute Gasteiger partial charge is 2.00 e. The molecule has 0 radical (unpaired) electrons. The molecule has 0 amide bonds. The molecule has 4 nitrogen and oxygen atoms in total. The maximum absolute atomic E-state index is 11.0. The summed E-state index contributed by atoms with van der Waals surface area (Å²) in [4.78, 5) is 21.9. The fourth-order valence-electron chi connectivity index (χ4n) is 1.75. The zero-order valence-corrected chi connectivity index (χ0v) is 13.5. The van der Waals surface area contributed by atoms with E-state index in [1.165, 1.54) is 0 Å². The van der Waals surface area contributed by atoms with Crippen molar-refractivity contribution >= 4 is 60.8 Å². The summed E-state index contributed by atoms with van der Waals surface area (Å²) in [5, 5.41) is 17.9. The first-order valence-corrected chi connectivity index (χ1v) is 4.24. The van der Waals surface area contributed by atoms with E-state index in [9.17, 15) is 9.59 Å². The molecule has 0 bridgehead atoms. The van der Waals surface area contributed by atoms with Crippen LogP contribution in [0.25, 0.3) is 0 Å². The molecule has 0 atom stereocenters. The van der Waals surface area contributed by atoms with Crippen molar-refractivity contribution in [1.82, 2.24) is 0 Å². The molecular weight excluding hydrogens is 309 g/mol. The second-order valence-electron chi connectivity index (χ2n) is 3.79. The predicted molar refractivity (Wildman–Crippen MR) is 55.4 cm³/mol. The predicted octanol–water partition coefficient (Wildman–Crippen LogP) is 1.30. The molecule has 0 aliphatic heterocycles. The molecule has 5 heteroatoms. The summed E-state index contributed by atoms with van der Waals surface area (Å²) in [7, 11) is 0. The third-order valence-electron chi connectivity index (χ3n) is 2.53. The summed E-state index contributed by atoms with van der Waals surface area (Å²) in [6, 6.07) is 0. The SMILES string of the molecule is CC(C)C(C(=O)O)(C(=O)O)C(C)C.[Ba+2].[H-].[H-]. The van der Waals surface area contributed by atoms with Crippen LogP contribution < -0.4 is 0 Å². The molecule has 0 saturated heterocycles. The van der Waals surface area contributed by atoms with Gasteiger partial charge in [-0.05, 0) is 11.8 Å². The van der Waals surface area contributed by atoms with Gasteiger partial charge in [-0.3, -0.25) is 9.59 Å². The van der Waals surface area contributed by atoms with Gasteiger partial charge in [0.15, 0.2) is 5.41 Å². The Labute approximate surface area is 127 Å². The van der Waals surface area contributed by atoms with E-state index < -0.39 is 29.2 Å². The zero-order chi connectivity index (χ0) is 10.8. The van der Waals surface area contributed by atoms with E-state index in [4.69, 9.17) is 10.2 Å². The van der Waals surface area contributed by atoms with Crippen molar-refractivity contribution in [2.45, 2.75) is 27.7 Å². The molecule has 0 aromatic rings. The van der Waals surface area contributed by atoms with Gasteiger partial charge in [0.2, 0.25) is 0 Å². The van der Waals surface area contributed by atoms with E-state index in [1.54, 1.807) is 27.7 Å². The van der Waals surface area contributed by atoms with Gasteiger partial charge in [0.05, 0.1) is 0 Å². The van der Waals surface area contributed by atoms with Crippen LogP contribution in [0, 0.1) is 17.3 Å². The minimum Gasteiger partial charge on any atom is -1.00 e. The van der Waals surface area contributed by atoms with Gasteiger partial charge < -0.3 is 13.1 Å². The Morgan fingerprint density at radius 2 is 1.21 bits per heavy atom. The number of carboxylic acids is 2. The van der Waals surface area contributed by atoms with E-state index in [0.29, 0.717) is 0 Å². The first-order chi connectivity index (χ1) is 5.77. The summed E-state index contributed by atoms with van der Waals surface area (Å²) >= 11 is 0. The molecular formula is C9H18BaO4. The molecule has 0 unspecified atom stereocenters. The van der Waals surface area contributed by atoms with Crippen molar-refractivity contribution in [2.75, 3.05) is 0 Å². The molecule has 0 aromatic carbocycles. The number of carboxylic acid groups (broad SMARTS) is 2. The maximum atomic E-state index is 11.0. The van der Waals surface area contributed by atoms with E-state index >= 15 is 0 Å². The van der Waals surface area contributed by atoms with Crippen LogP contribution in [-0.4, -0.2) is 71.0 Å². The van der Waals surface area contributed by atoms with Crippen LogP contribution in [0.3, 0.4) is 0 Å². The maximum Gasteiger partial charge on any atom is 2.00 e. The van der Waals surface area contributed by atoms with Crippen LogP contribution in [0.4, 0.5) is 0 Å². The van der Waals surface area contributed by atoms with Crippen molar-refractivity contribution in [2.24, 2.45) is 17.3 Å². The van der Waals surface area contributed by atoms with Crippen molar-refractivity contribution in [3.05, 3.63) is 0 Å². The standard InChI is InChI=1S/C9H16O4.Ba.2H/c1-5(2)9(6(3)4,7(10)11)8(12)13;;;/h5-6H,1-4H3,(H,10,11)(H,12,13);;;/q;+2;2*-1. The quantitative estimate of drug-likeness (QED) is 0.603. The average molecular weight is 328 g/mol. The van der Waals surface area contributed by atoms with E-state index in [0.717, 1.165) is 0 Å². The normalized spacial score (nSPS) is 11.3. The summed E-state index contributed by atoms with van der Waals surface area (Å²) < 4.78 is 0. The summed E-state index contributed by atoms with van der Waals surface area (Å²) in [6.07, 6.45) is 0. The summed E-state index contributed by atoms with van der Waals surface area (Å²) in [5.41, 5.74) is -1.67. The fraction of sp³-hybridized carbons (Fsp3) is 0.778. The third-order valence-corrected chi connectivity index (χ3v) is 2.53. The average Bonchev–Trinajstić information content (AvgIpc) is 1.82. The monoisotopic (exact) mass is 328 g/mol. The van der Waals surface area contributed by atoms with Crippen LogP contribution in [0.1, 0.15) is 30.5 Å². The van der Waals surface area contributed by atoms with Crippen LogP contribution >= 0.6 is 0 Å². The smallest absolute Gasteiger partial charge is 1.00 e. The Morgan fingerprint density at radius 3 is 1.21 bits per heavy atom. The van der Waals surface area contributed by atoms with E-state index in [-0.39, 0.29) is 51.7 Å². The van der Waals surface area contributed by atoms with Gasteiger partial charge in [0.25, 0.3) is 0 Å². The summed E-state index contributed by atoms with van der Waals surface area (Å²) in [5.74, 6) is -3.38. The Bertz CT molecular complexity index is 208. The van der Waals surface area contributed by atoms with Crippen molar-refractivity contribution < 1.29 is 22.7 Å². The van der Waals surface area contributed by atoms with Gasteiger partial charge in [0.1, 0.15) is 0 Å². The van der Waals surface area contributed by atoms with Crippen molar-refractivity contribution in [3.8, 4) is 0 Å². The van der Waals surface area contributed by atoms with Gasteiger partial charge in [-0.15, -0.1) is 0 Å². The van der Waals surface area contributed by atoms with Crippen LogP contribution in [-0.2, 0) is 9.59 Å². The molecule has 0 saturated carbocycles. The molecule has 2 N–H and O–H groups in total. The zero-order valence-electron chi connectivity index (χ0n) is 11.1. The summed E-state index contributed by atoms with van der Waals surface area (Å²) in [6.45, 7) is 6.45. The minimum atomic E-state index is -1.67. The van der Waals surface area contributed by atoms with E-state index in [1.807, 2.05) is 0 Å². The molecule has 0 aliphatic carbocycles. The fourth-order valence-corrected chi connectivity index (χ4v) is 1.75. The van der Waals surface area contributed by atoms with Crippen molar-refractivity contribution in [3.63, 3.8) is 0 Å². The Kier molecular flexibility index (Phi) is 7.46. The molecule has 0 aliphatic rings.